The summed E-state index contributed by atoms with van der Waals surface area (Å²) >= 11 is 3.53. The quantitative estimate of drug-likeness (QED) is 0.302. The Morgan fingerprint density at radius 3 is 2.19 bits per heavy atom. The van der Waals surface area contributed by atoms with Crippen LogP contribution in [-0.2, 0) is 20.7 Å². The molecule has 2 aromatic rings. The van der Waals surface area contributed by atoms with Crippen LogP contribution < -0.4 is 14.1 Å². The number of ether oxygens (including phenoxy) is 2. The van der Waals surface area contributed by atoms with Crippen molar-refractivity contribution < 1.29 is 23.3 Å². The Labute approximate surface area is 196 Å². The summed E-state index contributed by atoms with van der Waals surface area (Å²) in [6.07, 6.45) is 0.773. The SMILES string of the molecule is CC.CCc1ccc(OP(NCC(=O)OC(C)C)Oc2ccccc2)c(Br)c1.COC. The van der Waals surface area contributed by atoms with Gasteiger partial charge in [-0.25, -0.2) is 5.09 Å². The van der Waals surface area contributed by atoms with Gasteiger partial charge in [-0.2, -0.15) is 0 Å². The maximum absolute atomic E-state index is 11.8. The third-order valence-electron chi connectivity index (χ3n) is 3.24. The maximum atomic E-state index is 11.8. The number of esters is 1. The topological polar surface area (TPSA) is 66.0 Å². The first-order chi connectivity index (χ1) is 14.9. The van der Waals surface area contributed by atoms with E-state index in [1.54, 1.807) is 14.2 Å². The molecule has 0 spiro atoms. The van der Waals surface area contributed by atoms with Gasteiger partial charge < -0.3 is 18.5 Å². The monoisotopic (exact) mass is 515 g/mol. The van der Waals surface area contributed by atoms with Crippen molar-refractivity contribution in [3.8, 4) is 11.5 Å². The van der Waals surface area contributed by atoms with E-state index in [9.17, 15) is 4.79 Å². The van der Waals surface area contributed by atoms with Crippen LogP contribution in [0, 0.1) is 0 Å². The van der Waals surface area contributed by atoms with Gasteiger partial charge in [0.2, 0.25) is 0 Å². The second-order valence-corrected chi connectivity index (χ2v) is 8.20. The summed E-state index contributed by atoms with van der Waals surface area (Å²) in [5, 5.41) is 3.00. The summed E-state index contributed by atoms with van der Waals surface area (Å²) < 4.78 is 22.1. The first-order valence-electron chi connectivity index (χ1n) is 10.2. The fraction of sp³-hybridized carbons (Fsp3) is 0.435. The zero-order chi connectivity index (χ0) is 23.6. The third kappa shape index (κ3) is 13.4. The smallest absolute Gasteiger partial charge is 0.382 e. The van der Waals surface area contributed by atoms with Crippen LogP contribution in [0.25, 0.3) is 0 Å². The molecule has 1 unspecified atom stereocenters. The van der Waals surface area contributed by atoms with Gasteiger partial charge in [-0.05, 0) is 66.0 Å². The molecule has 0 heterocycles. The maximum Gasteiger partial charge on any atom is 0.382 e. The van der Waals surface area contributed by atoms with E-state index in [4.69, 9.17) is 13.8 Å². The molecule has 2 aromatic carbocycles. The largest absolute Gasteiger partial charge is 0.462 e. The highest BCUT2D eigenvalue weighted by atomic mass is 79.9. The minimum atomic E-state index is -1.58. The van der Waals surface area contributed by atoms with Gasteiger partial charge in [0.1, 0.15) is 18.0 Å². The number of carbonyl (C=O) groups excluding carboxylic acids is 1. The zero-order valence-electron chi connectivity index (χ0n) is 19.5. The van der Waals surface area contributed by atoms with Crippen molar-refractivity contribution in [3.63, 3.8) is 0 Å². The van der Waals surface area contributed by atoms with Crippen molar-refractivity contribution in [2.45, 2.75) is 47.1 Å². The summed E-state index contributed by atoms with van der Waals surface area (Å²) in [4.78, 5) is 11.8. The van der Waals surface area contributed by atoms with Crippen molar-refractivity contribution in [3.05, 3.63) is 58.6 Å². The Hall–Kier alpha value is -1.66. The van der Waals surface area contributed by atoms with E-state index in [-0.39, 0.29) is 18.6 Å². The Kier molecular flexibility index (Phi) is 17.0. The molecule has 0 saturated heterocycles. The number of hydrogen-bond acceptors (Lipinski definition) is 6. The molecule has 0 bridgehead atoms. The summed E-state index contributed by atoms with van der Waals surface area (Å²) in [6, 6.07) is 15.2. The standard InChI is InChI=1S/C19H23BrNO4P.C2H6O.C2H6/c1-4-15-10-11-18(17(20)12-15)25-26(21-13-19(22)23-14(2)3)24-16-8-6-5-7-9-16;1-3-2;1-2/h5-12,14,21H,4,13H2,1-3H3;1-2H3;1-2H3. The van der Waals surface area contributed by atoms with Crippen molar-refractivity contribution in [2.24, 2.45) is 0 Å². The molecule has 8 heteroatoms. The number of benzene rings is 2. The molecular weight excluding hydrogens is 481 g/mol. The van der Waals surface area contributed by atoms with Gasteiger partial charge >= 0.3 is 14.5 Å². The van der Waals surface area contributed by atoms with Crippen molar-refractivity contribution in [2.75, 3.05) is 20.8 Å². The number of carbonyl (C=O) groups is 1. The van der Waals surface area contributed by atoms with Gasteiger partial charge in [0.25, 0.3) is 0 Å². The Morgan fingerprint density at radius 2 is 1.68 bits per heavy atom. The van der Waals surface area contributed by atoms with Gasteiger partial charge in [-0.1, -0.05) is 45.0 Å². The Balaban J connectivity index is 0.00000165. The number of nitrogens with one attached hydrogen (secondary N) is 1. The summed E-state index contributed by atoms with van der Waals surface area (Å²) in [5.74, 6) is 0.951. The normalized spacial score (nSPS) is 10.7. The highest BCUT2D eigenvalue weighted by Crippen LogP contribution is 2.40. The van der Waals surface area contributed by atoms with Crippen molar-refractivity contribution >= 4 is 30.4 Å². The van der Waals surface area contributed by atoms with E-state index in [0.717, 1.165) is 10.9 Å². The minimum absolute atomic E-state index is 0.00137. The molecule has 0 aliphatic carbocycles. The Bertz CT molecular complexity index is 731. The minimum Gasteiger partial charge on any atom is -0.462 e. The number of rotatable bonds is 9. The number of halogens is 1. The fourth-order valence-electron chi connectivity index (χ4n) is 2.02. The average molecular weight is 516 g/mol. The first-order valence-corrected chi connectivity index (χ1v) is 12.2. The van der Waals surface area contributed by atoms with Crippen molar-refractivity contribution in [1.82, 2.24) is 5.09 Å². The van der Waals surface area contributed by atoms with E-state index in [1.165, 1.54) is 5.56 Å². The molecule has 2 rings (SSSR count). The third-order valence-corrected chi connectivity index (χ3v) is 5.01. The van der Waals surface area contributed by atoms with Crippen molar-refractivity contribution in [1.29, 1.82) is 0 Å². The number of para-hydroxylation sites is 1. The van der Waals surface area contributed by atoms with Crippen LogP contribution in [0.15, 0.2) is 53.0 Å². The van der Waals surface area contributed by atoms with Crippen LogP contribution in [0.4, 0.5) is 0 Å². The zero-order valence-corrected chi connectivity index (χ0v) is 22.0. The Morgan fingerprint density at radius 1 is 1.06 bits per heavy atom. The number of methoxy groups -OCH3 is 1. The van der Waals surface area contributed by atoms with Gasteiger partial charge in [-0.15, -0.1) is 0 Å². The number of aryl methyl sites for hydroxylation is 1. The molecule has 0 saturated carbocycles. The van der Waals surface area contributed by atoms with Gasteiger partial charge in [0.05, 0.1) is 10.6 Å². The molecule has 6 nitrogen and oxygen atoms in total. The van der Waals surface area contributed by atoms with Crippen LogP contribution in [0.2, 0.25) is 0 Å². The molecule has 0 aromatic heterocycles. The summed E-state index contributed by atoms with van der Waals surface area (Å²) in [7, 11) is 1.67. The molecule has 0 radical (unpaired) electrons. The van der Waals surface area contributed by atoms with E-state index in [0.29, 0.717) is 11.5 Å². The number of hydrogen-bond donors (Lipinski definition) is 1. The highest BCUT2D eigenvalue weighted by Gasteiger charge is 2.19. The van der Waals surface area contributed by atoms with Crippen LogP contribution in [0.1, 0.15) is 40.2 Å². The van der Waals surface area contributed by atoms with Gasteiger partial charge in [-0.3, -0.25) is 4.79 Å². The second-order valence-electron chi connectivity index (χ2n) is 6.15. The lowest BCUT2D eigenvalue weighted by Gasteiger charge is -2.20. The van der Waals surface area contributed by atoms with Gasteiger partial charge in [0.15, 0.2) is 0 Å². The summed E-state index contributed by atoms with van der Waals surface area (Å²) in [5.41, 5.74) is 1.20. The predicted octanol–water partition coefficient (Wildman–Crippen LogP) is 6.53. The van der Waals surface area contributed by atoms with E-state index < -0.39 is 8.53 Å². The molecule has 0 aliphatic rings. The molecule has 174 valence electrons. The van der Waals surface area contributed by atoms with Crippen LogP contribution in [0.3, 0.4) is 0 Å². The molecule has 1 N–H and O–H groups in total. The lowest BCUT2D eigenvalue weighted by Crippen LogP contribution is -2.26. The van der Waals surface area contributed by atoms with E-state index in [2.05, 4.69) is 32.7 Å². The van der Waals surface area contributed by atoms with E-state index >= 15 is 0 Å². The fourth-order valence-corrected chi connectivity index (χ4v) is 3.73. The lowest BCUT2D eigenvalue weighted by molar-refractivity contribution is -0.145. The van der Waals surface area contributed by atoms with Gasteiger partial charge in [0, 0.05) is 14.2 Å². The van der Waals surface area contributed by atoms with Crippen LogP contribution in [0.5, 0.6) is 11.5 Å². The molecule has 0 aliphatic heterocycles. The lowest BCUT2D eigenvalue weighted by atomic mass is 10.2. The molecule has 31 heavy (non-hydrogen) atoms. The van der Waals surface area contributed by atoms with E-state index in [1.807, 2.05) is 76.2 Å². The average Bonchev–Trinajstić information content (AvgIpc) is 2.75. The molecule has 0 amide bonds. The summed E-state index contributed by atoms with van der Waals surface area (Å²) in [6.45, 7) is 9.71. The second kappa shape index (κ2) is 18.0. The first kappa shape index (κ1) is 29.3. The van der Waals surface area contributed by atoms with Crippen LogP contribution in [-0.4, -0.2) is 32.8 Å². The molecule has 1 atom stereocenters. The van der Waals surface area contributed by atoms with Crippen LogP contribution >= 0.6 is 24.5 Å². The predicted molar refractivity (Wildman–Crippen MR) is 132 cm³/mol. The highest BCUT2D eigenvalue weighted by molar-refractivity contribution is 9.10. The molecular formula is C23H35BrNO5P. The molecule has 0 fully saturated rings.